The standard InChI is InChI=1S/C13H26N2O3/c1-4-5-14-12-8-18-7-10(12)13(17)15-11(6-16)9(2)3/h9-12,14,16H,4-8H2,1-3H3,(H,15,17). The van der Waals surface area contributed by atoms with E-state index in [-0.39, 0.29) is 36.4 Å². The second-order valence-corrected chi connectivity index (χ2v) is 5.25. The number of aliphatic hydroxyl groups excluding tert-OH is 1. The fourth-order valence-corrected chi connectivity index (χ4v) is 2.06. The molecule has 3 atom stereocenters. The van der Waals surface area contributed by atoms with E-state index in [2.05, 4.69) is 17.6 Å². The van der Waals surface area contributed by atoms with Crippen LogP contribution < -0.4 is 10.6 Å². The van der Waals surface area contributed by atoms with Crippen LogP contribution in [0, 0.1) is 11.8 Å². The van der Waals surface area contributed by atoms with Crippen LogP contribution in [0.5, 0.6) is 0 Å². The molecule has 3 unspecified atom stereocenters. The molecule has 106 valence electrons. The lowest BCUT2D eigenvalue weighted by molar-refractivity contribution is -0.126. The molecule has 1 aliphatic rings. The monoisotopic (exact) mass is 258 g/mol. The number of nitrogens with one attached hydrogen (secondary N) is 2. The fraction of sp³-hybridized carbons (Fsp3) is 0.923. The minimum atomic E-state index is -0.176. The molecule has 1 fully saturated rings. The number of ether oxygens (including phenoxy) is 1. The summed E-state index contributed by atoms with van der Waals surface area (Å²) in [4.78, 5) is 12.2. The molecule has 1 rings (SSSR count). The molecule has 0 spiro atoms. The summed E-state index contributed by atoms with van der Waals surface area (Å²) in [6.45, 7) is 7.99. The molecule has 18 heavy (non-hydrogen) atoms. The fourth-order valence-electron chi connectivity index (χ4n) is 2.06. The van der Waals surface area contributed by atoms with Gasteiger partial charge in [0.1, 0.15) is 0 Å². The molecule has 5 heteroatoms. The van der Waals surface area contributed by atoms with Crippen molar-refractivity contribution in [2.75, 3.05) is 26.4 Å². The highest BCUT2D eigenvalue weighted by atomic mass is 16.5. The van der Waals surface area contributed by atoms with E-state index in [4.69, 9.17) is 4.74 Å². The van der Waals surface area contributed by atoms with E-state index in [1.165, 1.54) is 0 Å². The first kappa shape index (κ1) is 15.4. The molecule has 0 saturated carbocycles. The molecule has 0 aromatic rings. The van der Waals surface area contributed by atoms with Gasteiger partial charge in [0.25, 0.3) is 0 Å². The molecular weight excluding hydrogens is 232 g/mol. The van der Waals surface area contributed by atoms with Crippen molar-refractivity contribution in [2.45, 2.75) is 39.3 Å². The van der Waals surface area contributed by atoms with E-state index in [0.29, 0.717) is 13.2 Å². The van der Waals surface area contributed by atoms with Crippen LogP contribution in [0.2, 0.25) is 0 Å². The lowest BCUT2D eigenvalue weighted by Gasteiger charge is -2.24. The first-order valence-corrected chi connectivity index (χ1v) is 6.82. The van der Waals surface area contributed by atoms with Crippen LogP contribution in [0.4, 0.5) is 0 Å². The molecule has 1 aliphatic heterocycles. The molecule has 3 N–H and O–H groups in total. The molecular formula is C13H26N2O3. The quantitative estimate of drug-likeness (QED) is 0.607. The molecule has 0 radical (unpaired) electrons. The maximum atomic E-state index is 12.2. The summed E-state index contributed by atoms with van der Waals surface area (Å²) in [7, 11) is 0. The Labute approximate surface area is 109 Å². The highest BCUT2D eigenvalue weighted by molar-refractivity contribution is 5.80. The van der Waals surface area contributed by atoms with Crippen molar-refractivity contribution in [1.82, 2.24) is 10.6 Å². The van der Waals surface area contributed by atoms with Crippen LogP contribution in [0.1, 0.15) is 27.2 Å². The average Bonchev–Trinajstić information content (AvgIpc) is 2.80. The van der Waals surface area contributed by atoms with E-state index >= 15 is 0 Å². The van der Waals surface area contributed by atoms with Gasteiger partial charge in [0, 0.05) is 6.04 Å². The van der Waals surface area contributed by atoms with Crippen molar-refractivity contribution in [3.8, 4) is 0 Å². The Kier molecular flexibility index (Phi) is 6.60. The SMILES string of the molecule is CCCNC1COCC1C(=O)NC(CO)C(C)C. The van der Waals surface area contributed by atoms with Crippen LogP contribution in [-0.2, 0) is 9.53 Å². The van der Waals surface area contributed by atoms with Gasteiger partial charge in [-0.1, -0.05) is 20.8 Å². The van der Waals surface area contributed by atoms with Gasteiger partial charge in [-0.25, -0.2) is 0 Å². The molecule has 1 heterocycles. The Morgan fingerprint density at radius 2 is 2.17 bits per heavy atom. The van der Waals surface area contributed by atoms with Gasteiger partial charge in [0.05, 0.1) is 31.8 Å². The van der Waals surface area contributed by atoms with Crippen molar-refractivity contribution in [3.63, 3.8) is 0 Å². The van der Waals surface area contributed by atoms with E-state index < -0.39 is 0 Å². The Morgan fingerprint density at radius 3 is 2.72 bits per heavy atom. The lowest BCUT2D eigenvalue weighted by Crippen LogP contribution is -2.49. The molecule has 0 aliphatic carbocycles. The summed E-state index contributed by atoms with van der Waals surface area (Å²) in [6.07, 6.45) is 1.04. The van der Waals surface area contributed by atoms with E-state index in [1.54, 1.807) is 0 Å². The summed E-state index contributed by atoms with van der Waals surface area (Å²) in [6, 6.07) is -0.0821. The number of hydrogen-bond acceptors (Lipinski definition) is 4. The number of hydrogen-bond donors (Lipinski definition) is 3. The summed E-state index contributed by atoms with van der Waals surface area (Å²) in [5.74, 6) is 0.0570. The van der Waals surface area contributed by atoms with Gasteiger partial charge < -0.3 is 20.5 Å². The topological polar surface area (TPSA) is 70.6 Å². The van der Waals surface area contributed by atoms with Crippen molar-refractivity contribution in [1.29, 1.82) is 0 Å². The number of carbonyl (C=O) groups is 1. The minimum Gasteiger partial charge on any atom is -0.394 e. The van der Waals surface area contributed by atoms with Crippen LogP contribution in [0.3, 0.4) is 0 Å². The number of carbonyl (C=O) groups excluding carboxylic acids is 1. The van der Waals surface area contributed by atoms with E-state index in [9.17, 15) is 9.90 Å². The van der Waals surface area contributed by atoms with Gasteiger partial charge in [-0.15, -0.1) is 0 Å². The third kappa shape index (κ3) is 4.23. The molecule has 0 aromatic carbocycles. The van der Waals surface area contributed by atoms with Gasteiger partial charge in [0.15, 0.2) is 0 Å². The molecule has 5 nitrogen and oxygen atoms in total. The smallest absolute Gasteiger partial charge is 0.227 e. The Bertz CT molecular complexity index is 259. The normalized spacial score (nSPS) is 25.4. The number of rotatable bonds is 7. The zero-order valence-corrected chi connectivity index (χ0v) is 11.6. The first-order chi connectivity index (χ1) is 8.60. The van der Waals surface area contributed by atoms with Crippen LogP contribution in [0.25, 0.3) is 0 Å². The molecule has 1 amide bonds. The predicted molar refractivity (Wildman–Crippen MR) is 70.2 cm³/mol. The first-order valence-electron chi connectivity index (χ1n) is 6.82. The highest BCUT2D eigenvalue weighted by Crippen LogP contribution is 2.15. The Balaban J connectivity index is 2.48. The second kappa shape index (κ2) is 7.71. The van der Waals surface area contributed by atoms with Crippen LogP contribution in [-0.4, -0.2) is 49.5 Å². The third-order valence-corrected chi connectivity index (χ3v) is 3.40. The maximum absolute atomic E-state index is 12.2. The number of aliphatic hydroxyl groups is 1. The van der Waals surface area contributed by atoms with Gasteiger partial charge in [-0.3, -0.25) is 4.79 Å². The lowest BCUT2D eigenvalue weighted by atomic mass is 10.00. The summed E-state index contributed by atoms with van der Waals surface area (Å²) >= 11 is 0. The highest BCUT2D eigenvalue weighted by Gasteiger charge is 2.34. The van der Waals surface area contributed by atoms with E-state index in [1.807, 2.05) is 13.8 Å². The Morgan fingerprint density at radius 1 is 1.44 bits per heavy atom. The predicted octanol–water partition coefficient (Wildman–Crippen LogP) is 0.134. The maximum Gasteiger partial charge on any atom is 0.227 e. The average molecular weight is 258 g/mol. The third-order valence-electron chi connectivity index (χ3n) is 3.40. The molecule has 1 saturated heterocycles. The second-order valence-electron chi connectivity index (χ2n) is 5.25. The molecule has 0 bridgehead atoms. The van der Waals surface area contributed by atoms with Gasteiger partial charge >= 0.3 is 0 Å². The summed E-state index contributed by atoms with van der Waals surface area (Å²) in [5.41, 5.74) is 0. The Hall–Kier alpha value is -0.650. The van der Waals surface area contributed by atoms with Crippen molar-refractivity contribution >= 4 is 5.91 Å². The van der Waals surface area contributed by atoms with Crippen molar-refractivity contribution < 1.29 is 14.6 Å². The van der Waals surface area contributed by atoms with Crippen LogP contribution in [0.15, 0.2) is 0 Å². The van der Waals surface area contributed by atoms with Gasteiger partial charge in [-0.2, -0.15) is 0 Å². The summed E-state index contributed by atoms with van der Waals surface area (Å²) in [5, 5.41) is 15.5. The van der Waals surface area contributed by atoms with E-state index in [0.717, 1.165) is 13.0 Å². The van der Waals surface area contributed by atoms with Crippen molar-refractivity contribution in [3.05, 3.63) is 0 Å². The zero-order chi connectivity index (χ0) is 13.5. The minimum absolute atomic E-state index is 0.0196. The summed E-state index contributed by atoms with van der Waals surface area (Å²) < 4.78 is 5.38. The molecule has 0 aromatic heterocycles. The van der Waals surface area contributed by atoms with Crippen LogP contribution >= 0.6 is 0 Å². The van der Waals surface area contributed by atoms with Gasteiger partial charge in [0.2, 0.25) is 5.91 Å². The van der Waals surface area contributed by atoms with Crippen molar-refractivity contribution in [2.24, 2.45) is 11.8 Å². The number of amides is 1. The van der Waals surface area contributed by atoms with Gasteiger partial charge in [-0.05, 0) is 18.9 Å². The zero-order valence-electron chi connectivity index (χ0n) is 11.6. The largest absolute Gasteiger partial charge is 0.394 e.